The Morgan fingerprint density at radius 2 is 2.30 bits per heavy atom. The first-order valence-corrected chi connectivity index (χ1v) is 7.12. The van der Waals surface area contributed by atoms with Crippen LogP contribution in [-0.2, 0) is 4.79 Å². The number of pyridine rings is 1. The van der Waals surface area contributed by atoms with E-state index in [4.69, 9.17) is 10.5 Å². The largest absolute Gasteiger partial charge is 0.476 e. The number of hydrogen-bond donors (Lipinski definition) is 1. The maximum atomic E-state index is 11.7. The molecule has 20 heavy (non-hydrogen) atoms. The van der Waals surface area contributed by atoms with Crippen molar-refractivity contribution in [2.24, 2.45) is 0 Å². The molecule has 0 bridgehead atoms. The average Bonchev–Trinajstić information content (AvgIpc) is 2.83. The molecule has 6 heteroatoms. The zero-order valence-corrected chi connectivity index (χ0v) is 11.7. The van der Waals surface area contributed by atoms with Crippen LogP contribution in [-0.4, -0.2) is 48.1 Å². The molecule has 0 saturated carbocycles. The van der Waals surface area contributed by atoms with Gasteiger partial charge in [0.1, 0.15) is 5.82 Å². The number of ether oxygens (including phenoxy) is 1. The molecule has 1 aromatic heterocycles. The smallest absolute Gasteiger partial charge is 0.239 e. The molecule has 3 heterocycles. The van der Waals surface area contributed by atoms with Crippen molar-refractivity contribution in [2.75, 3.05) is 36.9 Å². The van der Waals surface area contributed by atoms with E-state index in [1.165, 1.54) is 0 Å². The van der Waals surface area contributed by atoms with Gasteiger partial charge in [0.05, 0.1) is 12.3 Å². The van der Waals surface area contributed by atoms with Gasteiger partial charge in [0.25, 0.3) is 0 Å². The van der Waals surface area contributed by atoms with Gasteiger partial charge < -0.3 is 20.3 Å². The molecule has 1 aromatic rings. The Morgan fingerprint density at radius 1 is 1.45 bits per heavy atom. The van der Waals surface area contributed by atoms with Crippen molar-refractivity contribution in [3.63, 3.8) is 0 Å². The first-order valence-electron chi connectivity index (χ1n) is 7.12. The average molecular weight is 276 g/mol. The van der Waals surface area contributed by atoms with E-state index in [0.29, 0.717) is 30.6 Å². The van der Waals surface area contributed by atoms with Gasteiger partial charge in [0.15, 0.2) is 0 Å². The molecule has 3 rings (SSSR count). The van der Waals surface area contributed by atoms with Crippen LogP contribution in [0.2, 0.25) is 0 Å². The van der Waals surface area contributed by atoms with Crippen LogP contribution < -0.4 is 15.4 Å². The van der Waals surface area contributed by atoms with Gasteiger partial charge in [-0.3, -0.25) is 4.79 Å². The van der Waals surface area contributed by atoms with Gasteiger partial charge in [-0.05, 0) is 25.5 Å². The predicted octanol–water partition coefficient (Wildman–Crippen LogP) is 0.873. The molecule has 0 spiro atoms. The second-order valence-electron chi connectivity index (χ2n) is 5.22. The highest BCUT2D eigenvalue weighted by Gasteiger charge is 2.35. The third-order valence-electron chi connectivity index (χ3n) is 3.97. The molecule has 2 saturated heterocycles. The summed E-state index contributed by atoms with van der Waals surface area (Å²) in [6.45, 7) is 4.89. The van der Waals surface area contributed by atoms with Crippen molar-refractivity contribution in [3.8, 4) is 5.88 Å². The quantitative estimate of drug-likeness (QED) is 0.887. The van der Waals surface area contributed by atoms with Crippen LogP contribution in [0, 0.1) is 0 Å². The van der Waals surface area contributed by atoms with Crippen LogP contribution in [0.3, 0.4) is 0 Å². The van der Waals surface area contributed by atoms with E-state index in [2.05, 4.69) is 9.88 Å². The zero-order chi connectivity index (χ0) is 14.1. The molecule has 2 aliphatic heterocycles. The van der Waals surface area contributed by atoms with E-state index in [9.17, 15) is 4.79 Å². The highest BCUT2D eigenvalue weighted by Crippen LogP contribution is 2.28. The topological polar surface area (TPSA) is 71.7 Å². The van der Waals surface area contributed by atoms with Crippen molar-refractivity contribution in [3.05, 3.63) is 12.1 Å². The summed E-state index contributed by atoms with van der Waals surface area (Å²) in [6.07, 6.45) is 1.63. The minimum Gasteiger partial charge on any atom is -0.476 e. The van der Waals surface area contributed by atoms with Crippen molar-refractivity contribution in [1.29, 1.82) is 0 Å². The predicted molar refractivity (Wildman–Crippen MR) is 76.8 cm³/mol. The van der Waals surface area contributed by atoms with E-state index in [1.54, 1.807) is 0 Å². The van der Waals surface area contributed by atoms with Crippen molar-refractivity contribution < 1.29 is 9.53 Å². The summed E-state index contributed by atoms with van der Waals surface area (Å²) in [5.74, 6) is 1.66. The van der Waals surface area contributed by atoms with Crippen LogP contribution in [0.15, 0.2) is 12.1 Å². The number of piperazine rings is 1. The molecule has 0 aliphatic carbocycles. The van der Waals surface area contributed by atoms with Crippen molar-refractivity contribution in [1.82, 2.24) is 9.88 Å². The lowest BCUT2D eigenvalue weighted by atomic mass is 10.1. The molecule has 1 unspecified atom stereocenters. The van der Waals surface area contributed by atoms with Gasteiger partial charge in [-0.1, -0.05) is 0 Å². The number of aromatic nitrogens is 1. The molecular formula is C14H20N4O2. The van der Waals surface area contributed by atoms with Gasteiger partial charge >= 0.3 is 0 Å². The summed E-state index contributed by atoms with van der Waals surface area (Å²) in [6, 6.07) is 4.08. The number of rotatable bonds is 3. The Labute approximate surface area is 118 Å². The molecule has 0 aromatic carbocycles. The summed E-state index contributed by atoms with van der Waals surface area (Å²) < 4.78 is 5.44. The van der Waals surface area contributed by atoms with Gasteiger partial charge in [-0.2, -0.15) is 4.98 Å². The van der Waals surface area contributed by atoms with Gasteiger partial charge in [0.2, 0.25) is 11.8 Å². The molecule has 108 valence electrons. The number of carbonyl (C=O) groups excluding carboxylic acids is 1. The second-order valence-corrected chi connectivity index (χ2v) is 5.22. The third-order valence-corrected chi connectivity index (χ3v) is 3.97. The van der Waals surface area contributed by atoms with Gasteiger partial charge in [-0.15, -0.1) is 0 Å². The third kappa shape index (κ3) is 2.26. The summed E-state index contributed by atoms with van der Waals surface area (Å²) in [5, 5.41) is 0. The lowest BCUT2D eigenvalue weighted by molar-refractivity contribution is -0.129. The van der Waals surface area contributed by atoms with E-state index in [1.807, 2.05) is 24.0 Å². The van der Waals surface area contributed by atoms with E-state index in [-0.39, 0.29) is 5.91 Å². The Balaban J connectivity index is 1.77. The summed E-state index contributed by atoms with van der Waals surface area (Å²) in [7, 11) is 0. The highest BCUT2D eigenvalue weighted by molar-refractivity contribution is 5.79. The number of carbonyl (C=O) groups is 1. The molecule has 0 radical (unpaired) electrons. The number of hydrogen-bond acceptors (Lipinski definition) is 5. The maximum Gasteiger partial charge on any atom is 0.239 e. The lowest BCUT2D eigenvalue weighted by Gasteiger charge is -2.38. The van der Waals surface area contributed by atoms with Crippen LogP contribution in [0.25, 0.3) is 0 Å². The SMILES string of the molecule is CCOc1nc(N2CCN3C(=O)CCC3C2)ccc1N. The van der Waals surface area contributed by atoms with Crippen LogP contribution in [0.1, 0.15) is 19.8 Å². The molecular weight excluding hydrogens is 256 g/mol. The van der Waals surface area contributed by atoms with E-state index < -0.39 is 0 Å². The Morgan fingerprint density at radius 3 is 3.10 bits per heavy atom. The summed E-state index contributed by atoms with van der Waals surface area (Å²) in [4.78, 5) is 20.4. The monoisotopic (exact) mass is 276 g/mol. The fourth-order valence-electron chi connectivity index (χ4n) is 2.94. The molecule has 2 aliphatic rings. The van der Waals surface area contributed by atoms with E-state index >= 15 is 0 Å². The van der Waals surface area contributed by atoms with Crippen LogP contribution in [0.4, 0.5) is 11.5 Å². The lowest BCUT2D eigenvalue weighted by Crippen LogP contribution is -2.51. The number of nitrogens with zero attached hydrogens (tertiary/aromatic N) is 3. The molecule has 2 fully saturated rings. The van der Waals surface area contributed by atoms with E-state index in [0.717, 1.165) is 31.9 Å². The molecule has 6 nitrogen and oxygen atoms in total. The normalized spacial score (nSPS) is 22.1. The maximum absolute atomic E-state index is 11.7. The number of amides is 1. The first-order chi connectivity index (χ1) is 9.69. The minimum absolute atomic E-state index is 0.287. The van der Waals surface area contributed by atoms with Crippen molar-refractivity contribution in [2.45, 2.75) is 25.8 Å². The molecule has 1 atom stereocenters. The summed E-state index contributed by atoms with van der Waals surface area (Å²) >= 11 is 0. The van der Waals surface area contributed by atoms with Gasteiger partial charge in [-0.25, -0.2) is 0 Å². The second kappa shape index (κ2) is 5.19. The highest BCUT2D eigenvalue weighted by atomic mass is 16.5. The Bertz CT molecular complexity index is 520. The molecule has 1 amide bonds. The first kappa shape index (κ1) is 13.0. The molecule has 2 N–H and O–H groups in total. The standard InChI is InChI=1S/C14H20N4O2/c1-2-20-14-11(15)4-5-12(16-14)17-7-8-18-10(9-17)3-6-13(18)19/h4-5,10H,2-3,6-9,15H2,1H3. The summed E-state index contributed by atoms with van der Waals surface area (Å²) in [5.41, 5.74) is 6.41. The fraction of sp³-hybridized carbons (Fsp3) is 0.571. The zero-order valence-electron chi connectivity index (χ0n) is 11.7. The van der Waals surface area contributed by atoms with Gasteiger partial charge in [0, 0.05) is 32.1 Å². The fourth-order valence-corrected chi connectivity index (χ4v) is 2.94. The van der Waals surface area contributed by atoms with Crippen LogP contribution >= 0.6 is 0 Å². The number of anilines is 2. The van der Waals surface area contributed by atoms with Crippen molar-refractivity contribution >= 4 is 17.4 Å². The minimum atomic E-state index is 0.287. The Kier molecular flexibility index (Phi) is 3.38. The van der Waals surface area contributed by atoms with Crippen LogP contribution in [0.5, 0.6) is 5.88 Å². The Hall–Kier alpha value is -1.98. The number of nitrogen functional groups attached to an aromatic ring is 1. The number of fused-ring (bicyclic) bond motifs is 1. The number of nitrogens with two attached hydrogens (primary N) is 1.